The Morgan fingerprint density at radius 1 is 1.10 bits per heavy atom. The molecule has 1 heterocycles. The summed E-state index contributed by atoms with van der Waals surface area (Å²) in [6, 6.07) is 12.8. The van der Waals surface area contributed by atoms with Crippen LogP contribution >= 0.6 is 0 Å². The summed E-state index contributed by atoms with van der Waals surface area (Å²) < 4.78 is 6.25. The van der Waals surface area contributed by atoms with Crippen LogP contribution in [-0.2, 0) is 17.6 Å². The van der Waals surface area contributed by atoms with Gasteiger partial charge in [0.25, 0.3) is 0 Å². The van der Waals surface area contributed by atoms with Crippen molar-refractivity contribution in [3.63, 3.8) is 0 Å². The molecule has 1 aromatic heterocycles. The maximum Gasteiger partial charge on any atom is 0.110 e. The molecular weight excluding hydrogens is 260 g/mol. The number of aromatic nitrogens is 1. The predicted octanol–water partition coefficient (Wildman–Crippen LogP) is 2.85. The second kappa shape index (κ2) is 6.37. The molecule has 110 valence electrons. The van der Waals surface area contributed by atoms with E-state index in [2.05, 4.69) is 54.3 Å². The molecular formula is C18H22N2O. The topological polar surface area (TPSA) is 25.4 Å². The van der Waals surface area contributed by atoms with Crippen molar-refractivity contribution in [1.82, 2.24) is 9.88 Å². The fourth-order valence-corrected chi connectivity index (χ4v) is 2.87. The van der Waals surface area contributed by atoms with Crippen LogP contribution < -0.4 is 0 Å². The molecule has 0 saturated heterocycles. The molecule has 21 heavy (non-hydrogen) atoms. The van der Waals surface area contributed by atoms with E-state index in [0.29, 0.717) is 0 Å². The third-order valence-electron chi connectivity index (χ3n) is 4.00. The highest BCUT2D eigenvalue weighted by Gasteiger charge is 2.24. The van der Waals surface area contributed by atoms with Crippen molar-refractivity contribution in [2.24, 2.45) is 0 Å². The van der Waals surface area contributed by atoms with Gasteiger partial charge in [0, 0.05) is 24.0 Å². The zero-order valence-electron chi connectivity index (χ0n) is 12.7. The molecule has 3 nitrogen and oxygen atoms in total. The average Bonchev–Trinajstić information content (AvgIpc) is 2.65. The van der Waals surface area contributed by atoms with Crippen LogP contribution in [0.3, 0.4) is 0 Å². The molecule has 1 atom stereocenters. The van der Waals surface area contributed by atoms with Gasteiger partial charge in [-0.15, -0.1) is 0 Å². The predicted molar refractivity (Wildman–Crippen MR) is 84.4 cm³/mol. The number of nitrogens with zero attached hydrogens (tertiary/aromatic N) is 2. The van der Waals surface area contributed by atoms with Gasteiger partial charge in [0.2, 0.25) is 0 Å². The first kappa shape index (κ1) is 14.2. The largest absolute Gasteiger partial charge is 0.367 e. The smallest absolute Gasteiger partial charge is 0.110 e. The standard InChI is InChI=1S/C18H22N2O/c1-20(2)12-13-21-18-15-7-4-3-6-14(15)9-10-17-16(18)8-5-11-19-17/h3-8,11,18H,9-10,12-13H2,1-2H3. The van der Waals surface area contributed by atoms with Gasteiger partial charge in [-0.1, -0.05) is 30.3 Å². The highest BCUT2D eigenvalue weighted by molar-refractivity contribution is 5.40. The minimum atomic E-state index is 0.00681. The minimum absolute atomic E-state index is 0.00681. The summed E-state index contributed by atoms with van der Waals surface area (Å²) >= 11 is 0. The summed E-state index contributed by atoms with van der Waals surface area (Å²) in [5.41, 5.74) is 5.07. The zero-order chi connectivity index (χ0) is 14.7. The lowest BCUT2D eigenvalue weighted by Gasteiger charge is -2.21. The number of fused-ring (bicyclic) bond motifs is 2. The molecule has 1 aliphatic rings. The Hall–Kier alpha value is -1.71. The maximum absolute atomic E-state index is 6.25. The third-order valence-corrected chi connectivity index (χ3v) is 4.00. The van der Waals surface area contributed by atoms with Crippen LogP contribution in [0.1, 0.15) is 28.5 Å². The van der Waals surface area contributed by atoms with Crippen LogP contribution in [0.25, 0.3) is 0 Å². The first-order chi connectivity index (χ1) is 10.3. The minimum Gasteiger partial charge on any atom is -0.367 e. The van der Waals surface area contributed by atoms with Crippen LogP contribution in [0.5, 0.6) is 0 Å². The van der Waals surface area contributed by atoms with Gasteiger partial charge >= 0.3 is 0 Å². The Kier molecular flexibility index (Phi) is 4.32. The molecule has 1 unspecified atom stereocenters. The second-order valence-electron chi connectivity index (χ2n) is 5.79. The summed E-state index contributed by atoms with van der Waals surface area (Å²) in [7, 11) is 4.14. The van der Waals surface area contributed by atoms with Crippen LogP contribution in [0.4, 0.5) is 0 Å². The van der Waals surface area contributed by atoms with Crippen LogP contribution in [-0.4, -0.2) is 37.1 Å². The van der Waals surface area contributed by atoms with Gasteiger partial charge in [-0.2, -0.15) is 0 Å². The Balaban J connectivity index is 1.95. The first-order valence-corrected chi connectivity index (χ1v) is 7.53. The number of aryl methyl sites for hydroxylation is 2. The van der Waals surface area contributed by atoms with Crippen molar-refractivity contribution in [1.29, 1.82) is 0 Å². The SMILES string of the molecule is CN(C)CCOC1c2ccccc2CCc2ncccc21. The average molecular weight is 282 g/mol. The van der Waals surface area contributed by atoms with Crippen molar-refractivity contribution in [3.8, 4) is 0 Å². The van der Waals surface area contributed by atoms with Crippen molar-refractivity contribution in [2.45, 2.75) is 18.9 Å². The zero-order valence-corrected chi connectivity index (χ0v) is 12.7. The van der Waals surface area contributed by atoms with Gasteiger partial charge < -0.3 is 9.64 Å². The van der Waals surface area contributed by atoms with E-state index >= 15 is 0 Å². The van der Waals surface area contributed by atoms with Crippen molar-refractivity contribution >= 4 is 0 Å². The number of hydrogen-bond donors (Lipinski definition) is 0. The van der Waals surface area contributed by atoms with E-state index in [1.807, 2.05) is 12.3 Å². The molecule has 1 aliphatic carbocycles. The number of ether oxygens (including phenoxy) is 1. The Labute approximate surface area is 126 Å². The molecule has 2 aromatic rings. The second-order valence-corrected chi connectivity index (χ2v) is 5.79. The highest BCUT2D eigenvalue weighted by atomic mass is 16.5. The lowest BCUT2D eigenvalue weighted by molar-refractivity contribution is 0.0681. The summed E-state index contributed by atoms with van der Waals surface area (Å²) in [5.74, 6) is 0. The molecule has 0 amide bonds. The van der Waals surface area contributed by atoms with Gasteiger partial charge in [0.15, 0.2) is 0 Å². The fourth-order valence-electron chi connectivity index (χ4n) is 2.87. The quantitative estimate of drug-likeness (QED) is 0.862. The third kappa shape index (κ3) is 3.14. The molecule has 3 rings (SSSR count). The number of benzene rings is 1. The van der Waals surface area contributed by atoms with Crippen LogP contribution in [0.2, 0.25) is 0 Å². The van der Waals surface area contributed by atoms with E-state index < -0.39 is 0 Å². The number of hydrogen-bond acceptors (Lipinski definition) is 3. The van der Waals surface area contributed by atoms with Crippen LogP contribution in [0, 0.1) is 0 Å². The molecule has 0 spiro atoms. The number of likely N-dealkylation sites (N-methyl/N-ethyl adjacent to an activating group) is 1. The molecule has 0 aliphatic heterocycles. The van der Waals surface area contributed by atoms with E-state index in [9.17, 15) is 0 Å². The lowest BCUT2D eigenvalue weighted by atomic mass is 9.98. The Morgan fingerprint density at radius 3 is 2.76 bits per heavy atom. The summed E-state index contributed by atoms with van der Waals surface area (Å²) in [6.45, 7) is 1.65. The summed E-state index contributed by atoms with van der Waals surface area (Å²) in [4.78, 5) is 6.71. The monoisotopic (exact) mass is 282 g/mol. The van der Waals surface area contributed by atoms with E-state index in [-0.39, 0.29) is 6.10 Å². The lowest BCUT2D eigenvalue weighted by Crippen LogP contribution is -2.20. The van der Waals surface area contributed by atoms with Crippen molar-refractivity contribution < 1.29 is 4.74 Å². The molecule has 0 fully saturated rings. The summed E-state index contributed by atoms with van der Waals surface area (Å²) in [6.07, 6.45) is 3.91. The van der Waals surface area contributed by atoms with E-state index in [4.69, 9.17) is 4.74 Å². The molecule has 0 N–H and O–H groups in total. The summed E-state index contributed by atoms with van der Waals surface area (Å²) in [5, 5.41) is 0. The molecule has 0 radical (unpaired) electrons. The Bertz CT molecular complexity index is 562. The van der Waals surface area contributed by atoms with Gasteiger partial charge in [0.1, 0.15) is 6.10 Å². The van der Waals surface area contributed by atoms with Gasteiger partial charge in [-0.3, -0.25) is 4.98 Å². The van der Waals surface area contributed by atoms with E-state index in [0.717, 1.165) is 26.0 Å². The molecule has 0 saturated carbocycles. The maximum atomic E-state index is 6.25. The molecule has 3 heteroatoms. The number of pyridine rings is 1. The molecule has 0 bridgehead atoms. The van der Waals surface area contributed by atoms with Gasteiger partial charge in [-0.25, -0.2) is 0 Å². The van der Waals surface area contributed by atoms with E-state index in [1.165, 1.54) is 22.4 Å². The normalized spacial score (nSPS) is 17.2. The fraction of sp³-hybridized carbons (Fsp3) is 0.389. The van der Waals surface area contributed by atoms with Crippen molar-refractivity contribution in [3.05, 3.63) is 65.0 Å². The van der Waals surface area contributed by atoms with Crippen molar-refractivity contribution in [2.75, 3.05) is 27.2 Å². The highest BCUT2D eigenvalue weighted by Crippen LogP contribution is 2.34. The Morgan fingerprint density at radius 2 is 1.90 bits per heavy atom. The van der Waals surface area contributed by atoms with E-state index in [1.54, 1.807) is 0 Å². The van der Waals surface area contributed by atoms with Gasteiger partial charge in [-0.05, 0) is 44.1 Å². The van der Waals surface area contributed by atoms with Gasteiger partial charge in [0.05, 0.1) is 6.61 Å². The molecule has 1 aromatic carbocycles. The number of rotatable bonds is 4. The van der Waals surface area contributed by atoms with Crippen LogP contribution in [0.15, 0.2) is 42.6 Å². The first-order valence-electron chi connectivity index (χ1n) is 7.53.